The summed E-state index contributed by atoms with van der Waals surface area (Å²) in [5, 5.41) is 0. The van der Waals surface area contributed by atoms with Crippen molar-refractivity contribution >= 4 is 12.2 Å². The molecule has 1 atom stereocenters. The molecule has 0 saturated carbocycles. The minimum absolute atomic E-state index is 0. The first-order chi connectivity index (χ1) is 10.6. The molecular formula is C22H25Y. The number of hydrogen-bond donors (Lipinski definition) is 0. The van der Waals surface area contributed by atoms with Gasteiger partial charge in [0.25, 0.3) is 0 Å². The molecule has 0 nitrogen and oxygen atoms in total. The molecule has 0 aliphatic rings. The molecule has 0 fully saturated rings. The Morgan fingerprint density at radius 1 is 1.04 bits per heavy atom. The fourth-order valence-corrected chi connectivity index (χ4v) is 2.71. The van der Waals surface area contributed by atoms with E-state index in [2.05, 4.69) is 76.6 Å². The standard InChI is InChI=1S/C22H25.Y/c1-5-9-18(4)22-16-20(14-15-21(22)17(2)3)13-12-19-10-7-6-8-11-19;/h5-8,10,12-15,17-18H,9H2,1-4H3;/q-3;+3/b13-12-;. The monoisotopic (exact) mass is 378 g/mol. The Balaban J connectivity index is 0.00000264. The molecule has 0 saturated heterocycles. The third kappa shape index (κ3) is 6.01. The average molecular weight is 378 g/mol. The average Bonchev–Trinajstić information content (AvgIpc) is 2.53. The quantitative estimate of drug-likeness (QED) is 0.409. The molecule has 0 radical (unpaired) electrons. The molecule has 0 spiro atoms. The second kappa shape index (κ2) is 10.2. The van der Waals surface area contributed by atoms with Gasteiger partial charge in [-0.15, -0.1) is 59.7 Å². The Morgan fingerprint density at radius 3 is 2.39 bits per heavy atom. The van der Waals surface area contributed by atoms with Gasteiger partial charge in [-0.1, -0.05) is 32.6 Å². The van der Waals surface area contributed by atoms with E-state index in [-0.39, 0.29) is 32.7 Å². The van der Waals surface area contributed by atoms with Crippen LogP contribution in [0.4, 0.5) is 0 Å². The number of rotatable bonds is 6. The first kappa shape index (κ1) is 20.3. The van der Waals surface area contributed by atoms with E-state index in [0.717, 1.165) is 17.5 Å². The zero-order chi connectivity index (χ0) is 15.9. The molecule has 2 aromatic rings. The molecule has 0 bridgehead atoms. The first-order valence-electron chi connectivity index (χ1n) is 8.10. The van der Waals surface area contributed by atoms with Crippen molar-refractivity contribution in [3.63, 3.8) is 0 Å². The van der Waals surface area contributed by atoms with Crippen LogP contribution in [0.3, 0.4) is 0 Å². The molecule has 0 amide bonds. The number of hydrogen-bond acceptors (Lipinski definition) is 0. The van der Waals surface area contributed by atoms with Crippen LogP contribution in [-0.4, -0.2) is 0 Å². The summed E-state index contributed by atoms with van der Waals surface area (Å²) in [4.78, 5) is 0. The maximum absolute atomic E-state index is 3.63. The van der Waals surface area contributed by atoms with Gasteiger partial charge < -0.3 is 6.42 Å². The molecule has 1 heteroatoms. The van der Waals surface area contributed by atoms with E-state index in [1.807, 2.05) is 18.2 Å². The van der Waals surface area contributed by atoms with Crippen molar-refractivity contribution in [2.75, 3.05) is 0 Å². The summed E-state index contributed by atoms with van der Waals surface area (Å²) in [7, 11) is 0. The molecule has 0 heterocycles. The molecular weight excluding hydrogens is 353 g/mol. The Kier molecular flexibility index (Phi) is 9.03. The van der Waals surface area contributed by atoms with Crippen molar-refractivity contribution in [3.8, 4) is 0 Å². The Labute approximate surface area is 167 Å². The third-order valence-corrected chi connectivity index (χ3v) is 3.91. The summed E-state index contributed by atoms with van der Waals surface area (Å²) in [5.74, 6) is 1.05. The van der Waals surface area contributed by atoms with Crippen LogP contribution in [0.5, 0.6) is 0 Å². The Bertz CT molecular complexity index is 611. The van der Waals surface area contributed by atoms with Gasteiger partial charge in [-0.05, 0) is 0 Å². The predicted octanol–water partition coefficient (Wildman–Crippen LogP) is 6.30. The van der Waals surface area contributed by atoms with Crippen LogP contribution in [0.25, 0.3) is 12.2 Å². The zero-order valence-corrected chi connectivity index (χ0v) is 17.5. The van der Waals surface area contributed by atoms with Gasteiger partial charge >= 0.3 is 32.7 Å². The Hall–Kier alpha value is -0.716. The summed E-state index contributed by atoms with van der Waals surface area (Å²) in [6.45, 7) is 8.92. The number of benzene rings is 2. The van der Waals surface area contributed by atoms with Crippen LogP contribution in [0.1, 0.15) is 68.2 Å². The van der Waals surface area contributed by atoms with Gasteiger partial charge in [-0.25, -0.2) is 0 Å². The SMILES string of the molecule is C[CH-]CC(C)c1[c-]c(/C=C\c2[c-]cccc2)ccc1C(C)C.[Y+3]. The van der Waals surface area contributed by atoms with Gasteiger partial charge in [0.1, 0.15) is 0 Å². The molecule has 0 aromatic heterocycles. The van der Waals surface area contributed by atoms with Crippen molar-refractivity contribution in [1.82, 2.24) is 0 Å². The molecule has 116 valence electrons. The van der Waals surface area contributed by atoms with E-state index in [1.54, 1.807) is 0 Å². The van der Waals surface area contributed by atoms with E-state index >= 15 is 0 Å². The topological polar surface area (TPSA) is 0 Å². The van der Waals surface area contributed by atoms with E-state index in [4.69, 9.17) is 0 Å². The van der Waals surface area contributed by atoms with Crippen LogP contribution < -0.4 is 0 Å². The minimum Gasteiger partial charge on any atom is -0.331 e. The molecule has 2 aromatic carbocycles. The second-order valence-corrected chi connectivity index (χ2v) is 6.13. The maximum atomic E-state index is 3.63. The summed E-state index contributed by atoms with van der Waals surface area (Å²) in [6, 6.07) is 19.3. The molecule has 0 aliphatic heterocycles. The van der Waals surface area contributed by atoms with E-state index in [0.29, 0.717) is 11.8 Å². The van der Waals surface area contributed by atoms with E-state index in [9.17, 15) is 0 Å². The molecule has 2 rings (SSSR count). The molecule has 0 N–H and O–H groups in total. The predicted molar refractivity (Wildman–Crippen MR) is 96.6 cm³/mol. The first-order valence-corrected chi connectivity index (χ1v) is 8.10. The summed E-state index contributed by atoms with van der Waals surface area (Å²) < 4.78 is 0. The van der Waals surface area contributed by atoms with Crippen molar-refractivity contribution in [2.24, 2.45) is 0 Å². The molecule has 0 aliphatic carbocycles. The van der Waals surface area contributed by atoms with Crippen molar-refractivity contribution in [3.05, 3.63) is 77.2 Å². The van der Waals surface area contributed by atoms with Crippen LogP contribution in [-0.2, 0) is 32.7 Å². The van der Waals surface area contributed by atoms with Gasteiger partial charge in [-0.3, -0.25) is 0 Å². The van der Waals surface area contributed by atoms with Gasteiger partial charge in [-0.2, -0.15) is 36.6 Å². The van der Waals surface area contributed by atoms with Gasteiger partial charge in [0.05, 0.1) is 0 Å². The van der Waals surface area contributed by atoms with Crippen molar-refractivity contribution in [2.45, 2.75) is 46.0 Å². The van der Waals surface area contributed by atoms with Gasteiger partial charge in [0.15, 0.2) is 0 Å². The van der Waals surface area contributed by atoms with Crippen LogP contribution in [0, 0.1) is 18.6 Å². The second-order valence-electron chi connectivity index (χ2n) is 6.13. The normalized spacial score (nSPS) is 12.4. The molecule has 1 unspecified atom stereocenters. The van der Waals surface area contributed by atoms with Crippen LogP contribution in [0.2, 0.25) is 0 Å². The van der Waals surface area contributed by atoms with Gasteiger partial charge in [0.2, 0.25) is 0 Å². The van der Waals surface area contributed by atoms with Crippen molar-refractivity contribution in [1.29, 1.82) is 0 Å². The van der Waals surface area contributed by atoms with Crippen molar-refractivity contribution < 1.29 is 32.7 Å². The summed E-state index contributed by atoms with van der Waals surface area (Å²) in [5.41, 5.74) is 5.00. The van der Waals surface area contributed by atoms with E-state index in [1.165, 1.54) is 11.1 Å². The van der Waals surface area contributed by atoms with E-state index < -0.39 is 0 Å². The van der Waals surface area contributed by atoms with Crippen LogP contribution in [0.15, 0.2) is 36.4 Å². The summed E-state index contributed by atoms with van der Waals surface area (Å²) in [6.07, 6.45) is 7.56. The largest absolute Gasteiger partial charge is 3.00 e. The summed E-state index contributed by atoms with van der Waals surface area (Å²) >= 11 is 0. The fourth-order valence-electron chi connectivity index (χ4n) is 2.71. The van der Waals surface area contributed by atoms with Crippen LogP contribution >= 0.6 is 0 Å². The minimum atomic E-state index is 0. The smallest absolute Gasteiger partial charge is 0.331 e. The Morgan fingerprint density at radius 2 is 1.78 bits per heavy atom. The van der Waals surface area contributed by atoms with Gasteiger partial charge in [0, 0.05) is 0 Å². The fraction of sp³-hybridized carbons (Fsp3) is 0.318. The maximum Gasteiger partial charge on any atom is 3.00 e. The zero-order valence-electron chi connectivity index (χ0n) is 14.6. The third-order valence-electron chi connectivity index (χ3n) is 3.91. The molecule has 23 heavy (non-hydrogen) atoms.